The molecule has 0 aromatic heterocycles. The molecule has 1 aromatic carbocycles. The van der Waals surface area contributed by atoms with Gasteiger partial charge in [0.15, 0.2) is 0 Å². The molecule has 1 nitrogen and oxygen atoms in total. The van der Waals surface area contributed by atoms with E-state index in [1.54, 1.807) is 0 Å². The lowest BCUT2D eigenvalue weighted by atomic mass is 10.2. The summed E-state index contributed by atoms with van der Waals surface area (Å²) in [5.74, 6) is 2.71. The van der Waals surface area contributed by atoms with Crippen molar-refractivity contribution in [2.45, 2.75) is 26.3 Å². The van der Waals surface area contributed by atoms with Gasteiger partial charge in [0, 0.05) is 10.2 Å². The molecule has 0 saturated heterocycles. The maximum atomic E-state index is 5.38. The van der Waals surface area contributed by atoms with E-state index in [9.17, 15) is 0 Å². The summed E-state index contributed by atoms with van der Waals surface area (Å²) in [7, 11) is 0. The lowest BCUT2D eigenvalue weighted by Gasteiger charge is -2.13. The highest BCUT2D eigenvalue weighted by molar-refractivity contribution is 9.10. The number of nitrogens with one attached hydrogen (secondary N) is 1. The van der Waals surface area contributed by atoms with Crippen LogP contribution in [0.15, 0.2) is 22.7 Å². The number of halogens is 1. The Morgan fingerprint density at radius 1 is 1.57 bits per heavy atom. The minimum Gasteiger partial charge on any atom is -0.371 e. The first-order valence-corrected chi connectivity index (χ1v) is 5.45. The van der Waals surface area contributed by atoms with Crippen molar-refractivity contribution >= 4 is 21.6 Å². The molecule has 0 saturated carbocycles. The van der Waals surface area contributed by atoms with Gasteiger partial charge < -0.3 is 5.32 Å². The fraction of sp³-hybridized carbons (Fsp3) is 0.333. The number of aryl methyl sites for hydroxylation is 1. The maximum Gasteiger partial charge on any atom is 0.0871 e. The standard InChI is InChI=1S/C12H14BrN/c1-4-10(5-2)14-12-7-6-9(3)8-11(12)13/h1,6-8,10,14H,5H2,2-3H3. The lowest BCUT2D eigenvalue weighted by molar-refractivity contribution is 0.857. The second-order valence-electron chi connectivity index (χ2n) is 3.26. The smallest absolute Gasteiger partial charge is 0.0871 e. The molecule has 0 fully saturated rings. The number of hydrogen-bond acceptors (Lipinski definition) is 1. The van der Waals surface area contributed by atoms with Crippen molar-refractivity contribution < 1.29 is 0 Å². The van der Waals surface area contributed by atoms with Crippen LogP contribution in [0.3, 0.4) is 0 Å². The van der Waals surface area contributed by atoms with Gasteiger partial charge >= 0.3 is 0 Å². The second-order valence-corrected chi connectivity index (χ2v) is 4.11. The van der Waals surface area contributed by atoms with Gasteiger partial charge in [-0.1, -0.05) is 18.9 Å². The highest BCUT2D eigenvalue weighted by atomic mass is 79.9. The highest BCUT2D eigenvalue weighted by Crippen LogP contribution is 2.24. The summed E-state index contributed by atoms with van der Waals surface area (Å²) < 4.78 is 1.06. The van der Waals surface area contributed by atoms with Crippen LogP contribution in [0, 0.1) is 19.3 Å². The van der Waals surface area contributed by atoms with Crippen LogP contribution in [-0.4, -0.2) is 6.04 Å². The van der Waals surface area contributed by atoms with Crippen molar-refractivity contribution in [3.8, 4) is 12.3 Å². The number of anilines is 1. The molecule has 74 valence electrons. The first kappa shape index (κ1) is 11.1. The van der Waals surface area contributed by atoms with Crippen LogP contribution < -0.4 is 5.32 Å². The largest absolute Gasteiger partial charge is 0.371 e. The molecular weight excluding hydrogens is 238 g/mol. The maximum absolute atomic E-state index is 5.38. The number of benzene rings is 1. The van der Waals surface area contributed by atoms with E-state index in [0.29, 0.717) is 0 Å². The van der Waals surface area contributed by atoms with E-state index < -0.39 is 0 Å². The summed E-state index contributed by atoms with van der Waals surface area (Å²) in [5, 5.41) is 3.29. The van der Waals surface area contributed by atoms with E-state index in [2.05, 4.69) is 53.1 Å². The molecule has 2 heteroatoms. The lowest BCUT2D eigenvalue weighted by Crippen LogP contribution is -2.15. The Morgan fingerprint density at radius 2 is 2.29 bits per heavy atom. The van der Waals surface area contributed by atoms with E-state index >= 15 is 0 Å². The first-order valence-electron chi connectivity index (χ1n) is 4.66. The van der Waals surface area contributed by atoms with Gasteiger partial charge in [0.05, 0.1) is 6.04 Å². The van der Waals surface area contributed by atoms with Crippen molar-refractivity contribution in [1.29, 1.82) is 0 Å². The number of hydrogen-bond donors (Lipinski definition) is 1. The molecular formula is C12H14BrN. The van der Waals surface area contributed by atoms with Gasteiger partial charge in [0.2, 0.25) is 0 Å². The molecule has 0 radical (unpaired) electrons. The molecule has 0 aliphatic carbocycles. The third kappa shape index (κ3) is 2.78. The van der Waals surface area contributed by atoms with Crippen LogP contribution in [0.1, 0.15) is 18.9 Å². The van der Waals surface area contributed by atoms with Crippen LogP contribution in [0.5, 0.6) is 0 Å². The quantitative estimate of drug-likeness (QED) is 0.811. The summed E-state index contributed by atoms with van der Waals surface area (Å²) in [6.45, 7) is 4.13. The Hall–Kier alpha value is -0.940. The Balaban J connectivity index is 2.82. The summed E-state index contributed by atoms with van der Waals surface area (Å²) in [6, 6.07) is 6.29. The molecule has 0 spiro atoms. The molecule has 1 unspecified atom stereocenters. The molecule has 1 aromatic rings. The van der Waals surface area contributed by atoms with Gasteiger partial charge in [0.1, 0.15) is 0 Å². The van der Waals surface area contributed by atoms with Crippen LogP contribution >= 0.6 is 15.9 Å². The Morgan fingerprint density at radius 3 is 2.79 bits per heavy atom. The molecule has 0 amide bonds. The Kier molecular flexibility index (Phi) is 4.03. The zero-order valence-corrected chi connectivity index (χ0v) is 10.1. The molecule has 14 heavy (non-hydrogen) atoms. The summed E-state index contributed by atoms with van der Waals surface area (Å²) in [5.41, 5.74) is 2.29. The van der Waals surface area contributed by atoms with Gasteiger partial charge in [0.25, 0.3) is 0 Å². The molecule has 0 aliphatic rings. The Bertz CT molecular complexity index is 352. The van der Waals surface area contributed by atoms with E-state index in [0.717, 1.165) is 16.6 Å². The average Bonchev–Trinajstić information content (AvgIpc) is 2.17. The van der Waals surface area contributed by atoms with Gasteiger partial charge in [-0.05, 0) is 47.0 Å². The first-order chi connectivity index (χ1) is 6.67. The van der Waals surface area contributed by atoms with Gasteiger partial charge in [-0.2, -0.15) is 0 Å². The monoisotopic (exact) mass is 251 g/mol. The average molecular weight is 252 g/mol. The predicted octanol–water partition coefficient (Wildman–Crippen LogP) is 3.58. The van der Waals surface area contributed by atoms with Gasteiger partial charge in [-0.25, -0.2) is 0 Å². The fourth-order valence-electron chi connectivity index (χ4n) is 1.19. The molecule has 0 heterocycles. The topological polar surface area (TPSA) is 12.0 Å². The molecule has 1 N–H and O–H groups in total. The van der Waals surface area contributed by atoms with E-state index in [1.165, 1.54) is 5.56 Å². The Labute approximate surface area is 94.0 Å². The summed E-state index contributed by atoms with van der Waals surface area (Å²) in [6.07, 6.45) is 6.31. The van der Waals surface area contributed by atoms with Gasteiger partial charge in [-0.15, -0.1) is 6.42 Å². The highest BCUT2D eigenvalue weighted by Gasteiger charge is 2.04. The third-order valence-electron chi connectivity index (χ3n) is 2.06. The zero-order chi connectivity index (χ0) is 10.6. The van der Waals surface area contributed by atoms with E-state index in [-0.39, 0.29) is 6.04 Å². The predicted molar refractivity (Wildman–Crippen MR) is 65.4 cm³/mol. The fourth-order valence-corrected chi connectivity index (χ4v) is 1.79. The summed E-state index contributed by atoms with van der Waals surface area (Å²) >= 11 is 3.50. The minimum atomic E-state index is 0.106. The molecule has 1 atom stereocenters. The second kappa shape index (κ2) is 5.07. The minimum absolute atomic E-state index is 0.106. The van der Waals surface area contributed by atoms with E-state index in [1.807, 2.05) is 6.07 Å². The third-order valence-corrected chi connectivity index (χ3v) is 2.72. The van der Waals surface area contributed by atoms with Crippen molar-refractivity contribution in [1.82, 2.24) is 0 Å². The number of rotatable bonds is 3. The number of terminal acetylenes is 1. The van der Waals surface area contributed by atoms with Crippen molar-refractivity contribution in [3.05, 3.63) is 28.2 Å². The van der Waals surface area contributed by atoms with Crippen molar-refractivity contribution in [3.63, 3.8) is 0 Å². The normalized spacial score (nSPS) is 11.9. The van der Waals surface area contributed by atoms with Crippen molar-refractivity contribution in [2.75, 3.05) is 5.32 Å². The van der Waals surface area contributed by atoms with Crippen LogP contribution in [0.2, 0.25) is 0 Å². The SMILES string of the molecule is C#CC(CC)Nc1ccc(C)cc1Br. The molecule has 0 aliphatic heterocycles. The van der Waals surface area contributed by atoms with Crippen molar-refractivity contribution in [2.24, 2.45) is 0 Å². The summed E-state index contributed by atoms with van der Waals surface area (Å²) in [4.78, 5) is 0. The molecule has 0 bridgehead atoms. The molecule has 1 rings (SSSR count). The van der Waals surface area contributed by atoms with E-state index in [4.69, 9.17) is 6.42 Å². The van der Waals surface area contributed by atoms with Crippen LogP contribution in [-0.2, 0) is 0 Å². The van der Waals surface area contributed by atoms with Crippen LogP contribution in [0.4, 0.5) is 5.69 Å². The zero-order valence-electron chi connectivity index (χ0n) is 8.47. The van der Waals surface area contributed by atoms with Gasteiger partial charge in [-0.3, -0.25) is 0 Å². The van der Waals surface area contributed by atoms with Crippen LogP contribution in [0.25, 0.3) is 0 Å².